The molecule has 0 fully saturated rings. The number of aromatic nitrogens is 1. The zero-order chi connectivity index (χ0) is 8.27. The summed E-state index contributed by atoms with van der Waals surface area (Å²) in [5.41, 5.74) is 1.14. The summed E-state index contributed by atoms with van der Waals surface area (Å²) in [4.78, 5) is 0.597. The van der Waals surface area contributed by atoms with Gasteiger partial charge in [-0.15, -0.1) is 28.3 Å². The first-order chi connectivity index (χ1) is 5.25. The van der Waals surface area contributed by atoms with E-state index < -0.39 is 0 Å². The van der Waals surface area contributed by atoms with Gasteiger partial charge in [0.1, 0.15) is 0 Å². The first-order valence-electron chi connectivity index (χ1n) is 3.44. The molecule has 1 N–H and O–H groups in total. The van der Waals surface area contributed by atoms with Crippen LogP contribution in [0.25, 0.3) is 0 Å². The molecule has 0 saturated heterocycles. The summed E-state index contributed by atoms with van der Waals surface area (Å²) in [5, 5.41) is 9.48. The number of methoxy groups -OCH3 is 1. The van der Waals surface area contributed by atoms with E-state index in [-0.39, 0.29) is 17.0 Å². The molecule has 0 spiro atoms. The van der Waals surface area contributed by atoms with E-state index in [4.69, 9.17) is 10.1 Å². The lowest BCUT2D eigenvalue weighted by atomic mass is 10.5. The number of nitrogens with zero attached hydrogens (tertiary/aromatic N) is 1. The van der Waals surface area contributed by atoms with Crippen LogP contribution in [0.3, 0.4) is 0 Å². The van der Waals surface area contributed by atoms with Gasteiger partial charge in [-0.05, 0) is 6.92 Å². The van der Waals surface area contributed by atoms with Crippen molar-refractivity contribution in [2.75, 3.05) is 13.7 Å². The van der Waals surface area contributed by atoms with E-state index in [2.05, 4.69) is 0 Å². The van der Waals surface area contributed by atoms with Crippen LogP contribution in [0.4, 0.5) is 0 Å². The predicted octanol–water partition coefficient (Wildman–Crippen LogP) is 1.56. The van der Waals surface area contributed by atoms with Crippen molar-refractivity contribution in [3.63, 3.8) is 0 Å². The molecule has 70 valence electrons. The number of thiazole rings is 1. The molecule has 0 amide bonds. The third-order valence-corrected chi connectivity index (χ3v) is 2.43. The molecule has 0 aliphatic heterocycles. The summed E-state index contributed by atoms with van der Waals surface area (Å²) in [5.74, 6) is 0. The van der Waals surface area contributed by atoms with Gasteiger partial charge < -0.3 is 9.30 Å². The number of halogens is 1. The Kier molecular flexibility index (Phi) is 5.44. The normalized spacial score (nSPS) is 9.50. The monoisotopic (exact) mass is 252 g/mol. The highest BCUT2D eigenvalue weighted by Crippen LogP contribution is 1.98. The summed E-state index contributed by atoms with van der Waals surface area (Å²) in [6.07, 6.45) is 0. The highest BCUT2D eigenvalue weighted by Gasteiger charge is 1.97. The van der Waals surface area contributed by atoms with Crippen molar-refractivity contribution < 1.29 is 4.74 Å². The van der Waals surface area contributed by atoms with Gasteiger partial charge in [0.05, 0.1) is 6.61 Å². The second kappa shape index (κ2) is 5.50. The second-order valence-electron chi connectivity index (χ2n) is 2.33. The van der Waals surface area contributed by atoms with Gasteiger partial charge in [-0.25, -0.2) is 0 Å². The first kappa shape index (κ1) is 11.9. The van der Waals surface area contributed by atoms with Crippen LogP contribution in [0.15, 0.2) is 5.38 Å². The van der Waals surface area contributed by atoms with Gasteiger partial charge in [0.15, 0.2) is 4.80 Å². The molecule has 0 aromatic carbocycles. The first-order valence-corrected chi connectivity index (χ1v) is 4.32. The van der Waals surface area contributed by atoms with Gasteiger partial charge in [-0.1, -0.05) is 0 Å². The highest BCUT2D eigenvalue weighted by molar-refractivity contribution is 8.93. The lowest BCUT2D eigenvalue weighted by Gasteiger charge is -2.02. The zero-order valence-corrected chi connectivity index (χ0v) is 9.69. The Morgan fingerprint density at radius 1 is 1.67 bits per heavy atom. The fourth-order valence-corrected chi connectivity index (χ4v) is 1.66. The summed E-state index contributed by atoms with van der Waals surface area (Å²) in [7, 11) is 1.67. The summed E-state index contributed by atoms with van der Waals surface area (Å²) < 4.78 is 6.86. The van der Waals surface area contributed by atoms with Crippen molar-refractivity contribution in [3.05, 3.63) is 15.9 Å². The maximum atomic E-state index is 7.50. The maximum absolute atomic E-state index is 7.50. The van der Waals surface area contributed by atoms with Crippen LogP contribution >= 0.6 is 28.3 Å². The minimum atomic E-state index is 0. The Labute approximate surface area is 86.3 Å². The fourth-order valence-electron chi connectivity index (χ4n) is 0.889. The average molecular weight is 253 g/mol. The number of ether oxygens (including phenoxy) is 1. The molecule has 1 rings (SSSR count). The molecule has 0 radical (unpaired) electrons. The fraction of sp³-hybridized carbons (Fsp3) is 0.571. The maximum Gasteiger partial charge on any atom is 0.182 e. The molecule has 0 unspecified atom stereocenters. The number of rotatable bonds is 3. The van der Waals surface area contributed by atoms with Crippen molar-refractivity contribution in [2.24, 2.45) is 0 Å². The smallest absolute Gasteiger partial charge is 0.182 e. The van der Waals surface area contributed by atoms with Crippen molar-refractivity contribution in [3.8, 4) is 0 Å². The summed E-state index contributed by atoms with van der Waals surface area (Å²) in [6, 6.07) is 0. The van der Waals surface area contributed by atoms with Gasteiger partial charge in [0.2, 0.25) is 0 Å². The van der Waals surface area contributed by atoms with Crippen LogP contribution in [0.5, 0.6) is 0 Å². The lowest BCUT2D eigenvalue weighted by Crippen LogP contribution is -2.17. The van der Waals surface area contributed by atoms with Gasteiger partial charge in [-0.2, -0.15) is 0 Å². The molecule has 0 atom stereocenters. The van der Waals surface area contributed by atoms with Crippen LogP contribution < -0.4 is 4.80 Å². The van der Waals surface area contributed by atoms with E-state index in [1.54, 1.807) is 7.11 Å². The van der Waals surface area contributed by atoms with Gasteiger partial charge in [0.25, 0.3) is 0 Å². The number of nitrogens with one attached hydrogen (secondary N) is 1. The Morgan fingerprint density at radius 2 is 2.33 bits per heavy atom. The number of hydrogen-bond acceptors (Lipinski definition) is 3. The Morgan fingerprint density at radius 3 is 2.75 bits per heavy atom. The molecule has 0 saturated carbocycles. The van der Waals surface area contributed by atoms with E-state index in [1.165, 1.54) is 11.3 Å². The van der Waals surface area contributed by atoms with E-state index in [9.17, 15) is 0 Å². The molecule has 0 aliphatic rings. The van der Waals surface area contributed by atoms with Crippen molar-refractivity contribution in [1.29, 1.82) is 5.41 Å². The third-order valence-electron chi connectivity index (χ3n) is 1.53. The van der Waals surface area contributed by atoms with E-state index in [0.717, 1.165) is 12.2 Å². The summed E-state index contributed by atoms with van der Waals surface area (Å²) >= 11 is 1.46. The Hall–Kier alpha value is -0.130. The molecule has 1 aromatic heterocycles. The Bertz CT molecular complexity index is 281. The van der Waals surface area contributed by atoms with E-state index in [0.29, 0.717) is 11.4 Å². The standard InChI is InChI=1S/C7H12N2OS.BrH/c1-6-5-11-7(8)9(6)3-4-10-2;/h5,8H,3-4H2,1-2H3;1H. The molecule has 0 aliphatic carbocycles. The second-order valence-corrected chi connectivity index (χ2v) is 3.18. The van der Waals surface area contributed by atoms with Crippen LogP contribution in [0.2, 0.25) is 0 Å². The van der Waals surface area contributed by atoms with Crippen molar-refractivity contribution >= 4 is 28.3 Å². The molecule has 3 nitrogen and oxygen atoms in total. The largest absolute Gasteiger partial charge is 0.383 e. The topological polar surface area (TPSA) is 38.0 Å². The average Bonchev–Trinajstić information content (AvgIpc) is 2.29. The third kappa shape index (κ3) is 2.73. The zero-order valence-electron chi connectivity index (χ0n) is 7.16. The van der Waals surface area contributed by atoms with Crippen LogP contribution in [0, 0.1) is 12.3 Å². The van der Waals surface area contributed by atoms with E-state index >= 15 is 0 Å². The lowest BCUT2D eigenvalue weighted by molar-refractivity contribution is 0.185. The SMILES string of the molecule is Br.COCCn1c(C)csc1=N. The quantitative estimate of drug-likeness (QED) is 0.872. The predicted molar refractivity (Wildman–Crippen MR) is 55.1 cm³/mol. The van der Waals surface area contributed by atoms with Crippen LogP contribution in [-0.4, -0.2) is 18.3 Å². The molecule has 1 aromatic rings. The molecule has 12 heavy (non-hydrogen) atoms. The highest BCUT2D eigenvalue weighted by atomic mass is 79.9. The molecule has 5 heteroatoms. The molecule has 1 heterocycles. The minimum Gasteiger partial charge on any atom is -0.383 e. The molecular formula is C7H13BrN2OS. The number of aryl methyl sites for hydroxylation is 1. The van der Waals surface area contributed by atoms with Gasteiger partial charge >= 0.3 is 0 Å². The van der Waals surface area contributed by atoms with Crippen molar-refractivity contribution in [1.82, 2.24) is 4.57 Å². The summed E-state index contributed by atoms with van der Waals surface area (Å²) in [6.45, 7) is 3.46. The minimum absolute atomic E-state index is 0. The van der Waals surface area contributed by atoms with Crippen LogP contribution in [0.1, 0.15) is 5.69 Å². The number of hydrogen-bond donors (Lipinski definition) is 1. The Balaban J connectivity index is 0.00000121. The molecular weight excluding hydrogens is 240 g/mol. The van der Waals surface area contributed by atoms with E-state index in [1.807, 2.05) is 16.9 Å². The van der Waals surface area contributed by atoms with Gasteiger partial charge in [0, 0.05) is 24.7 Å². The van der Waals surface area contributed by atoms with Crippen molar-refractivity contribution in [2.45, 2.75) is 13.5 Å². The van der Waals surface area contributed by atoms with Crippen LogP contribution in [-0.2, 0) is 11.3 Å². The molecule has 0 bridgehead atoms. The van der Waals surface area contributed by atoms with Gasteiger partial charge in [-0.3, -0.25) is 5.41 Å².